The summed E-state index contributed by atoms with van der Waals surface area (Å²) in [6.07, 6.45) is 6.41. The molecule has 0 unspecified atom stereocenters. The Morgan fingerprint density at radius 2 is 1.62 bits per heavy atom. The molecule has 3 aromatic carbocycles. The van der Waals surface area contributed by atoms with Gasteiger partial charge in [0, 0.05) is 34.4 Å². The lowest BCUT2D eigenvalue weighted by atomic mass is 10.1. The minimum absolute atomic E-state index is 1.04. The monoisotopic (exact) mass is 334 g/mol. The highest BCUT2D eigenvalue weighted by Gasteiger charge is 2.09. The lowest BCUT2D eigenvalue weighted by Gasteiger charge is -2.05. The summed E-state index contributed by atoms with van der Waals surface area (Å²) >= 11 is 0. The van der Waals surface area contributed by atoms with Crippen molar-refractivity contribution in [3.8, 4) is 5.69 Å². The van der Waals surface area contributed by atoms with E-state index in [0.29, 0.717) is 0 Å². The molecule has 0 saturated carbocycles. The van der Waals surface area contributed by atoms with Crippen molar-refractivity contribution in [1.29, 1.82) is 0 Å². The second-order valence-electron chi connectivity index (χ2n) is 6.53. The molecule has 0 aliphatic rings. The summed E-state index contributed by atoms with van der Waals surface area (Å²) in [7, 11) is 0. The molecule has 2 heteroatoms. The number of hydrogen-bond donors (Lipinski definition) is 1. The van der Waals surface area contributed by atoms with Crippen molar-refractivity contribution in [2.45, 2.75) is 0 Å². The number of nitrogens with zero attached hydrogens (tertiary/aromatic N) is 1. The summed E-state index contributed by atoms with van der Waals surface area (Å²) in [6.45, 7) is 4.12. The molecule has 26 heavy (non-hydrogen) atoms. The van der Waals surface area contributed by atoms with Crippen LogP contribution in [0.3, 0.4) is 0 Å². The van der Waals surface area contributed by atoms with E-state index in [-0.39, 0.29) is 0 Å². The molecule has 5 aromatic rings. The van der Waals surface area contributed by atoms with Crippen LogP contribution in [0.25, 0.3) is 40.1 Å². The van der Waals surface area contributed by atoms with Crippen LogP contribution in [0.15, 0.2) is 85.2 Å². The molecule has 0 radical (unpaired) electrons. The first-order chi connectivity index (χ1) is 12.8. The van der Waals surface area contributed by atoms with E-state index in [4.69, 9.17) is 0 Å². The zero-order chi connectivity index (χ0) is 17.5. The highest BCUT2D eigenvalue weighted by Crippen LogP contribution is 2.29. The van der Waals surface area contributed by atoms with E-state index in [1.54, 1.807) is 0 Å². The maximum atomic E-state index is 4.12. The molecule has 0 aliphatic heterocycles. The predicted molar refractivity (Wildman–Crippen MR) is 110 cm³/mol. The molecule has 1 N–H and O–H groups in total. The molecule has 0 fully saturated rings. The quantitative estimate of drug-likeness (QED) is 0.495. The largest absolute Gasteiger partial charge is 0.360 e. The summed E-state index contributed by atoms with van der Waals surface area (Å²) in [5.41, 5.74) is 4.73. The van der Waals surface area contributed by atoms with Gasteiger partial charge in [-0.1, -0.05) is 55.1 Å². The molecule has 2 heterocycles. The standard InChI is InChI=1S/C24H18N2/c1-17-7-5-6-8-18(17)15-19-16-25-24-21(19)11-12-23-22(24)13-14-26(23)20-9-3-2-4-10-20/h2-16,25H,1H2/b18-15-. The van der Waals surface area contributed by atoms with Gasteiger partial charge in [-0.2, -0.15) is 0 Å². The van der Waals surface area contributed by atoms with Crippen LogP contribution in [0.2, 0.25) is 0 Å². The fraction of sp³-hybridized carbons (Fsp3) is 0. The van der Waals surface area contributed by atoms with Gasteiger partial charge < -0.3 is 9.55 Å². The first kappa shape index (κ1) is 14.8. The number of aromatic nitrogens is 2. The van der Waals surface area contributed by atoms with Crippen LogP contribution in [0.1, 0.15) is 5.56 Å². The molecule has 2 nitrogen and oxygen atoms in total. The molecule has 0 saturated heterocycles. The number of rotatable bonds is 2. The van der Waals surface area contributed by atoms with Crippen LogP contribution in [0.4, 0.5) is 0 Å². The van der Waals surface area contributed by atoms with Crippen molar-refractivity contribution in [3.05, 3.63) is 101 Å². The minimum atomic E-state index is 1.04. The van der Waals surface area contributed by atoms with Crippen molar-refractivity contribution in [3.63, 3.8) is 0 Å². The zero-order valence-electron chi connectivity index (χ0n) is 14.3. The van der Waals surface area contributed by atoms with Gasteiger partial charge in [0.25, 0.3) is 0 Å². The Morgan fingerprint density at radius 3 is 2.46 bits per heavy atom. The normalized spacial score (nSPS) is 12.2. The minimum Gasteiger partial charge on any atom is -0.360 e. The SMILES string of the molecule is C=c1cccc/c1=C/c1c[nH]c2c1ccc1c2ccn1-c1ccccc1. The van der Waals surface area contributed by atoms with E-state index in [0.717, 1.165) is 10.4 Å². The van der Waals surface area contributed by atoms with Gasteiger partial charge in [0.15, 0.2) is 0 Å². The Kier molecular flexibility index (Phi) is 3.29. The molecular formula is C24H18N2. The number of hydrogen-bond acceptors (Lipinski definition) is 0. The Bertz CT molecular complexity index is 1340. The molecule has 124 valence electrons. The van der Waals surface area contributed by atoms with Gasteiger partial charge in [-0.05, 0) is 40.8 Å². The van der Waals surface area contributed by atoms with Crippen LogP contribution < -0.4 is 10.4 Å². The summed E-state index contributed by atoms with van der Waals surface area (Å²) < 4.78 is 2.23. The third-order valence-corrected chi connectivity index (χ3v) is 4.96. The lowest BCUT2D eigenvalue weighted by Crippen LogP contribution is -2.21. The van der Waals surface area contributed by atoms with Gasteiger partial charge in [-0.15, -0.1) is 0 Å². The van der Waals surface area contributed by atoms with Crippen molar-refractivity contribution in [2.75, 3.05) is 0 Å². The van der Waals surface area contributed by atoms with Crippen molar-refractivity contribution < 1.29 is 0 Å². The predicted octanol–water partition coefficient (Wildman–Crippen LogP) is 4.35. The number of H-pyrrole nitrogens is 1. The average Bonchev–Trinajstić information content (AvgIpc) is 3.28. The molecule has 5 rings (SSSR count). The van der Waals surface area contributed by atoms with Gasteiger partial charge in [0.2, 0.25) is 0 Å². The molecular weight excluding hydrogens is 316 g/mol. The van der Waals surface area contributed by atoms with E-state index in [1.165, 1.54) is 33.1 Å². The summed E-state index contributed by atoms with van der Waals surface area (Å²) in [5.74, 6) is 0. The molecule has 0 aliphatic carbocycles. The van der Waals surface area contributed by atoms with Gasteiger partial charge in [0.05, 0.1) is 11.0 Å². The Hall–Kier alpha value is -3.52. The van der Waals surface area contributed by atoms with Gasteiger partial charge in [-0.3, -0.25) is 0 Å². The van der Waals surface area contributed by atoms with Crippen LogP contribution in [0.5, 0.6) is 0 Å². The van der Waals surface area contributed by atoms with Crippen LogP contribution >= 0.6 is 0 Å². The van der Waals surface area contributed by atoms with E-state index < -0.39 is 0 Å². The van der Waals surface area contributed by atoms with Crippen LogP contribution in [-0.2, 0) is 0 Å². The smallest absolute Gasteiger partial charge is 0.0555 e. The Morgan fingerprint density at radius 1 is 0.808 bits per heavy atom. The first-order valence-electron chi connectivity index (χ1n) is 8.73. The highest BCUT2D eigenvalue weighted by atomic mass is 15.0. The van der Waals surface area contributed by atoms with Gasteiger partial charge in [-0.25, -0.2) is 0 Å². The van der Waals surface area contributed by atoms with E-state index in [1.807, 2.05) is 24.3 Å². The van der Waals surface area contributed by atoms with Crippen molar-refractivity contribution in [2.24, 2.45) is 0 Å². The third kappa shape index (κ3) is 2.27. The molecule has 2 aromatic heterocycles. The maximum Gasteiger partial charge on any atom is 0.0555 e. The van der Waals surface area contributed by atoms with Gasteiger partial charge >= 0.3 is 0 Å². The number of para-hydroxylation sites is 1. The fourth-order valence-corrected chi connectivity index (χ4v) is 3.62. The second-order valence-corrected chi connectivity index (χ2v) is 6.53. The Balaban J connectivity index is 1.73. The second kappa shape index (κ2) is 5.78. The fourth-order valence-electron chi connectivity index (χ4n) is 3.62. The zero-order valence-corrected chi connectivity index (χ0v) is 14.3. The van der Waals surface area contributed by atoms with Crippen molar-refractivity contribution >= 4 is 34.5 Å². The van der Waals surface area contributed by atoms with Crippen molar-refractivity contribution in [1.82, 2.24) is 9.55 Å². The van der Waals surface area contributed by atoms with E-state index in [9.17, 15) is 0 Å². The Labute approximate surface area is 151 Å². The number of aromatic amines is 1. The summed E-state index contributed by atoms with van der Waals surface area (Å²) in [6, 6.07) is 25.2. The summed E-state index contributed by atoms with van der Waals surface area (Å²) in [5, 5.41) is 4.65. The van der Waals surface area contributed by atoms with E-state index >= 15 is 0 Å². The number of benzene rings is 3. The molecule has 0 atom stereocenters. The number of nitrogens with one attached hydrogen (secondary N) is 1. The van der Waals surface area contributed by atoms with Gasteiger partial charge in [0.1, 0.15) is 0 Å². The maximum absolute atomic E-state index is 4.12. The van der Waals surface area contributed by atoms with Crippen LogP contribution in [0, 0.1) is 0 Å². The topological polar surface area (TPSA) is 20.7 Å². The molecule has 0 amide bonds. The third-order valence-electron chi connectivity index (χ3n) is 4.96. The van der Waals surface area contributed by atoms with Crippen LogP contribution in [-0.4, -0.2) is 9.55 Å². The average molecular weight is 334 g/mol. The lowest BCUT2D eigenvalue weighted by molar-refractivity contribution is 1.13. The summed E-state index contributed by atoms with van der Waals surface area (Å²) in [4.78, 5) is 3.47. The highest BCUT2D eigenvalue weighted by molar-refractivity contribution is 6.07. The van der Waals surface area contributed by atoms with E-state index in [2.05, 4.69) is 83.1 Å². The molecule has 0 spiro atoms. The first-order valence-corrected chi connectivity index (χ1v) is 8.73. The number of fused-ring (bicyclic) bond motifs is 3. The molecule has 0 bridgehead atoms.